The summed E-state index contributed by atoms with van der Waals surface area (Å²) in [5, 5.41) is 8.56. The number of hydrogen-bond acceptors (Lipinski definition) is 3. The van der Waals surface area contributed by atoms with Gasteiger partial charge in [-0.1, -0.05) is 6.42 Å². The minimum atomic E-state index is -0.734. The highest BCUT2D eigenvalue weighted by atomic mass is 16.6. The van der Waals surface area contributed by atoms with Crippen molar-refractivity contribution in [3.63, 3.8) is 0 Å². The number of unbranched alkanes of at least 4 members (excludes halogenated alkanes) is 1. The number of hydrogen-bond donors (Lipinski definition) is 1. The molecule has 0 aromatic rings. The van der Waals surface area contributed by atoms with Gasteiger partial charge in [0, 0.05) is 19.5 Å². The molecule has 0 spiro atoms. The first kappa shape index (κ1) is 15.8. The van der Waals surface area contributed by atoms with Gasteiger partial charge in [-0.05, 0) is 46.0 Å². The van der Waals surface area contributed by atoms with Gasteiger partial charge >= 0.3 is 12.1 Å². The maximum Gasteiger partial charge on any atom is 0.410 e. The van der Waals surface area contributed by atoms with E-state index in [1.165, 1.54) is 0 Å². The van der Waals surface area contributed by atoms with Crippen molar-refractivity contribution in [2.75, 3.05) is 13.1 Å². The maximum absolute atomic E-state index is 11.9. The molecule has 110 valence electrons. The number of ether oxygens (including phenoxy) is 1. The van der Waals surface area contributed by atoms with E-state index in [0.29, 0.717) is 5.92 Å². The summed E-state index contributed by atoms with van der Waals surface area (Å²) in [5.41, 5.74) is -0.448. The fraction of sp³-hybridized carbons (Fsp3) is 0.857. The van der Waals surface area contributed by atoms with E-state index in [1.807, 2.05) is 20.8 Å². The van der Waals surface area contributed by atoms with E-state index in [9.17, 15) is 9.59 Å². The summed E-state index contributed by atoms with van der Waals surface area (Å²) in [6, 6.07) is 0. The van der Waals surface area contributed by atoms with Crippen LogP contribution in [-0.4, -0.2) is 40.8 Å². The summed E-state index contributed by atoms with van der Waals surface area (Å²) < 4.78 is 5.34. The predicted octanol–water partition coefficient (Wildman–Crippen LogP) is 2.89. The van der Waals surface area contributed by atoms with E-state index < -0.39 is 11.6 Å². The Balaban J connectivity index is 2.22. The molecule has 1 fully saturated rings. The number of rotatable bonds is 5. The first-order valence-electron chi connectivity index (χ1n) is 6.97. The minimum absolute atomic E-state index is 0.236. The lowest BCUT2D eigenvalue weighted by Crippen LogP contribution is -2.35. The molecule has 1 rings (SSSR count). The van der Waals surface area contributed by atoms with Crippen LogP contribution in [0.25, 0.3) is 0 Å². The lowest BCUT2D eigenvalue weighted by molar-refractivity contribution is -0.137. The molecule has 0 saturated carbocycles. The lowest BCUT2D eigenvalue weighted by Gasteiger charge is -2.24. The van der Waals surface area contributed by atoms with Crippen LogP contribution in [0.4, 0.5) is 4.79 Å². The Bertz CT molecular complexity index is 322. The van der Waals surface area contributed by atoms with Gasteiger partial charge in [-0.25, -0.2) is 4.79 Å². The van der Waals surface area contributed by atoms with Crippen LogP contribution >= 0.6 is 0 Å². The number of amides is 1. The van der Waals surface area contributed by atoms with Crippen LogP contribution in [0, 0.1) is 5.92 Å². The van der Waals surface area contributed by atoms with Crippen LogP contribution in [0.5, 0.6) is 0 Å². The molecule has 0 aromatic carbocycles. The Hall–Kier alpha value is -1.26. The molecule has 1 N–H and O–H groups in total. The summed E-state index contributed by atoms with van der Waals surface area (Å²) in [6.07, 6.45) is 3.62. The third kappa shape index (κ3) is 6.45. The number of carbonyl (C=O) groups is 2. The summed E-state index contributed by atoms with van der Waals surface area (Å²) in [6.45, 7) is 7.08. The molecule has 1 aliphatic rings. The van der Waals surface area contributed by atoms with E-state index in [-0.39, 0.29) is 12.5 Å². The topological polar surface area (TPSA) is 66.8 Å². The van der Waals surface area contributed by atoms with Crippen LogP contribution in [0.1, 0.15) is 52.9 Å². The molecule has 1 aliphatic heterocycles. The Morgan fingerprint density at radius 2 is 2.00 bits per heavy atom. The lowest BCUT2D eigenvalue weighted by atomic mass is 10.0. The zero-order chi connectivity index (χ0) is 14.5. The molecular weight excluding hydrogens is 246 g/mol. The van der Waals surface area contributed by atoms with E-state index in [4.69, 9.17) is 9.84 Å². The molecule has 1 atom stereocenters. The first-order chi connectivity index (χ1) is 8.78. The molecule has 1 heterocycles. The molecule has 0 bridgehead atoms. The third-order valence-electron chi connectivity index (χ3n) is 3.19. The van der Waals surface area contributed by atoms with Crippen molar-refractivity contribution < 1.29 is 19.4 Å². The molecular formula is C14H25NO4. The van der Waals surface area contributed by atoms with E-state index >= 15 is 0 Å². The third-order valence-corrected chi connectivity index (χ3v) is 3.19. The number of nitrogens with zero attached hydrogens (tertiary/aromatic N) is 1. The van der Waals surface area contributed by atoms with Gasteiger partial charge in [0.15, 0.2) is 0 Å². The average molecular weight is 271 g/mol. The maximum atomic E-state index is 11.9. The van der Waals surface area contributed by atoms with Gasteiger partial charge in [-0.2, -0.15) is 0 Å². The predicted molar refractivity (Wildman–Crippen MR) is 72.0 cm³/mol. The minimum Gasteiger partial charge on any atom is -0.481 e. The number of aliphatic carboxylic acids is 1. The molecule has 0 radical (unpaired) electrons. The number of carboxylic acids is 1. The summed E-state index contributed by atoms with van der Waals surface area (Å²) in [5.74, 6) is -0.247. The van der Waals surface area contributed by atoms with Crippen LogP contribution in [-0.2, 0) is 9.53 Å². The fourth-order valence-corrected chi connectivity index (χ4v) is 2.27. The first-order valence-corrected chi connectivity index (χ1v) is 6.97. The second-order valence-electron chi connectivity index (χ2n) is 6.22. The molecule has 0 aliphatic carbocycles. The number of carboxylic acid groups (broad SMARTS) is 1. The molecule has 1 unspecified atom stereocenters. The standard InChI is InChI=1S/C14H25NO4/c1-14(2,3)19-13(18)15-9-8-11(10-15)6-4-5-7-12(16)17/h11H,4-10H2,1-3H3,(H,16,17). The number of likely N-dealkylation sites (tertiary alicyclic amines) is 1. The molecule has 1 amide bonds. The van der Waals surface area contributed by atoms with Crippen molar-refractivity contribution in [3.8, 4) is 0 Å². The van der Waals surface area contributed by atoms with Crippen molar-refractivity contribution in [2.24, 2.45) is 5.92 Å². The van der Waals surface area contributed by atoms with Crippen LogP contribution < -0.4 is 0 Å². The van der Waals surface area contributed by atoms with Crippen molar-refractivity contribution in [1.82, 2.24) is 4.90 Å². The van der Waals surface area contributed by atoms with Gasteiger partial charge in [0.1, 0.15) is 5.60 Å². The molecule has 1 saturated heterocycles. The Morgan fingerprint density at radius 3 is 2.58 bits per heavy atom. The van der Waals surface area contributed by atoms with Gasteiger partial charge in [0.2, 0.25) is 0 Å². The van der Waals surface area contributed by atoms with E-state index in [1.54, 1.807) is 4.90 Å². The second-order valence-corrected chi connectivity index (χ2v) is 6.22. The van der Waals surface area contributed by atoms with Crippen molar-refractivity contribution in [3.05, 3.63) is 0 Å². The summed E-state index contributed by atoms with van der Waals surface area (Å²) >= 11 is 0. The zero-order valence-electron chi connectivity index (χ0n) is 12.1. The highest BCUT2D eigenvalue weighted by Gasteiger charge is 2.29. The van der Waals surface area contributed by atoms with Crippen LogP contribution in [0.3, 0.4) is 0 Å². The van der Waals surface area contributed by atoms with Gasteiger partial charge in [-0.3, -0.25) is 4.79 Å². The Morgan fingerprint density at radius 1 is 1.32 bits per heavy atom. The second kappa shape index (κ2) is 6.78. The largest absolute Gasteiger partial charge is 0.481 e. The Labute approximate surface area is 114 Å². The van der Waals surface area contributed by atoms with Crippen molar-refractivity contribution >= 4 is 12.1 Å². The monoisotopic (exact) mass is 271 g/mol. The fourth-order valence-electron chi connectivity index (χ4n) is 2.27. The van der Waals surface area contributed by atoms with Crippen molar-refractivity contribution in [2.45, 2.75) is 58.5 Å². The molecule has 19 heavy (non-hydrogen) atoms. The normalized spacial score (nSPS) is 19.5. The Kier molecular flexibility index (Phi) is 5.63. The molecule has 5 heteroatoms. The van der Waals surface area contributed by atoms with Gasteiger partial charge in [0.25, 0.3) is 0 Å². The average Bonchev–Trinajstić information content (AvgIpc) is 2.70. The molecule has 0 aromatic heterocycles. The van der Waals surface area contributed by atoms with E-state index in [2.05, 4.69) is 0 Å². The van der Waals surface area contributed by atoms with E-state index in [0.717, 1.165) is 38.8 Å². The molecule has 5 nitrogen and oxygen atoms in total. The summed E-state index contributed by atoms with van der Waals surface area (Å²) in [4.78, 5) is 24.0. The zero-order valence-corrected chi connectivity index (χ0v) is 12.1. The van der Waals surface area contributed by atoms with Crippen LogP contribution in [0.15, 0.2) is 0 Å². The highest BCUT2D eigenvalue weighted by Crippen LogP contribution is 2.23. The smallest absolute Gasteiger partial charge is 0.410 e. The van der Waals surface area contributed by atoms with Gasteiger partial charge < -0.3 is 14.7 Å². The van der Waals surface area contributed by atoms with Gasteiger partial charge in [0.05, 0.1) is 0 Å². The number of carbonyl (C=O) groups excluding carboxylic acids is 1. The summed E-state index contributed by atoms with van der Waals surface area (Å²) in [7, 11) is 0. The highest BCUT2D eigenvalue weighted by molar-refractivity contribution is 5.68. The quantitative estimate of drug-likeness (QED) is 0.781. The SMILES string of the molecule is CC(C)(C)OC(=O)N1CCC(CCCCC(=O)O)C1. The van der Waals surface area contributed by atoms with Crippen LogP contribution in [0.2, 0.25) is 0 Å². The van der Waals surface area contributed by atoms with Gasteiger partial charge in [-0.15, -0.1) is 0 Å². The van der Waals surface area contributed by atoms with Crippen molar-refractivity contribution in [1.29, 1.82) is 0 Å².